The van der Waals surface area contributed by atoms with Crippen molar-refractivity contribution in [2.24, 2.45) is 0 Å². The zero-order valence-corrected chi connectivity index (χ0v) is 15.0. The minimum Gasteiger partial charge on any atom is -0.298 e. The Kier molecular flexibility index (Phi) is 7.81. The van der Waals surface area contributed by atoms with Crippen LogP contribution in [0.25, 0.3) is 0 Å². The molecule has 0 bridgehead atoms. The number of nitrogens with zero attached hydrogens (tertiary/aromatic N) is 1. The average molecular weight is 316 g/mol. The van der Waals surface area contributed by atoms with Crippen LogP contribution in [-0.2, 0) is 11.2 Å². The van der Waals surface area contributed by atoms with E-state index in [-0.39, 0.29) is 6.04 Å². The summed E-state index contributed by atoms with van der Waals surface area (Å²) in [7, 11) is 2.14. The number of carbonyl (C=O) groups excluding carboxylic acids is 1. The molecule has 0 aliphatic carbocycles. The van der Waals surface area contributed by atoms with E-state index in [4.69, 9.17) is 0 Å². The van der Waals surface area contributed by atoms with E-state index >= 15 is 0 Å². The number of Topliss-reactive ketones (excluding diaryl/α,β-unsaturated/α-hetero) is 1. The SMILES string of the molecule is CCCCCCCCCC1CC(=O)C(Cc2ccccc2)N1C. The van der Waals surface area contributed by atoms with Gasteiger partial charge in [-0.1, -0.05) is 82.2 Å². The van der Waals surface area contributed by atoms with Crippen molar-refractivity contribution in [1.82, 2.24) is 4.90 Å². The van der Waals surface area contributed by atoms with Crippen LogP contribution in [0.2, 0.25) is 0 Å². The van der Waals surface area contributed by atoms with Crippen LogP contribution in [0.4, 0.5) is 0 Å². The van der Waals surface area contributed by atoms with Crippen LogP contribution < -0.4 is 0 Å². The Hall–Kier alpha value is -1.15. The number of benzene rings is 1. The maximum Gasteiger partial charge on any atom is 0.151 e. The predicted molar refractivity (Wildman–Crippen MR) is 97.7 cm³/mol. The van der Waals surface area contributed by atoms with Crippen molar-refractivity contribution in [1.29, 1.82) is 0 Å². The van der Waals surface area contributed by atoms with Crippen molar-refractivity contribution < 1.29 is 4.79 Å². The summed E-state index contributed by atoms with van der Waals surface area (Å²) in [4.78, 5) is 14.7. The predicted octanol–water partition coefficient (Wildman–Crippen LogP) is 5.01. The molecule has 0 N–H and O–H groups in total. The highest BCUT2D eigenvalue weighted by atomic mass is 16.1. The summed E-state index contributed by atoms with van der Waals surface area (Å²) in [6.07, 6.45) is 12.2. The number of likely N-dealkylation sites (N-methyl/N-ethyl adjacent to an activating group) is 1. The largest absolute Gasteiger partial charge is 0.298 e. The quantitative estimate of drug-likeness (QED) is 0.566. The van der Waals surface area contributed by atoms with E-state index in [1.165, 1.54) is 56.9 Å². The molecule has 0 radical (unpaired) electrons. The van der Waals surface area contributed by atoms with Crippen molar-refractivity contribution in [3.63, 3.8) is 0 Å². The van der Waals surface area contributed by atoms with E-state index in [0.717, 1.165) is 12.8 Å². The van der Waals surface area contributed by atoms with Crippen LogP contribution in [0.15, 0.2) is 30.3 Å². The molecule has 0 amide bonds. The minimum atomic E-state index is 0.0898. The van der Waals surface area contributed by atoms with Crippen LogP contribution in [0, 0.1) is 0 Å². The van der Waals surface area contributed by atoms with Gasteiger partial charge in [0, 0.05) is 12.5 Å². The van der Waals surface area contributed by atoms with Gasteiger partial charge in [0.25, 0.3) is 0 Å². The average Bonchev–Trinajstić information content (AvgIpc) is 2.83. The molecule has 1 aliphatic rings. The number of rotatable bonds is 10. The van der Waals surface area contributed by atoms with Gasteiger partial charge in [0.05, 0.1) is 6.04 Å². The maximum absolute atomic E-state index is 12.4. The monoisotopic (exact) mass is 315 g/mol. The highest BCUT2D eigenvalue weighted by molar-refractivity contribution is 5.87. The smallest absolute Gasteiger partial charge is 0.151 e. The van der Waals surface area contributed by atoms with E-state index in [9.17, 15) is 4.79 Å². The first kappa shape index (κ1) is 18.2. The zero-order chi connectivity index (χ0) is 16.5. The van der Waals surface area contributed by atoms with Crippen LogP contribution in [0.1, 0.15) is 70.3 Å². The Morgan fingerprint density at radius 2 is 1.65 bits per heavy atom. The lowest BCUT2D eigenvalue weighted by Gasteiger charge is -2.24. The standard InChI is InChI=1S/C21H33NO/c1-3-4-5-6-7-8-12-15-19-17-21(23)20(22(19)2)16-18-13-10-9-11-14-18/h9-11,13-14,19-20H,3-8,12,15-17H2,1-2H3. The molecule has 2 heteroatoms. The Bertz CT molecular complexity index is 456. The number of hydrogen-bond donors (Lipinski definition) is 0. The summed E-state index contributed by atoms with van der Waals surface area (Å²) < 4.78 is 0. The molecule has 1 aromatic rings. The number of likely N-dealkylation sites (tertiary alicyclic amines) is 1. The van der Waals surface area contributed by atoms with Crippen molar-refractivity contribution in [2.45, 2.75) is 83.2 Å². The fourth-order valence-corrected chi connectivity index (χ4v) is 3.73. The molecule has 2 rings (SSSR count). The van der Waals surface area contributed by atoms with Crippen LogP contribution in [0.5, 0.6) is 0 Å². The molecule has 0 saturated carbocycles. The molecule has 2 nitrogen and oxygen atoms in total. The molecule has 0 aromatic heterocycles. The number of ketones is 1. The van der Waals surface area contributed by atoms with Gasteiger partial charge in [0.15, 0.2) is 5.78 Å². The van der Waals surface area contributed by atoms with Crippen molar-refractivity contribution in [3.8, 4) is 0 Å². The molecule has 1 saturated heterocycles. The van der Waals surface area contributed by atoms with E-state index < -0.39 is 0 Å². The van der Waals surface area contributed by atoms with Gasteiger partial charge in [-0.05, 0) is 25.5 Å². The highest BCUT2D eigenvalue weighted by Gasteiger charge is 2.36. The first-order valence-electron chi connectivity index (χ1n) is 9.51. The molecular weight excluding hydrogens is 282 g/mol. The van der Waals surface area contributed by atoms with Crippen molar-refractivity contribution >= 4 is 5.78 Å². The van der Waals surface area contributed by atoms with Crippen LogP contribution >= 0.6 is 0 Å². The van der Waals surface area contributed by atoms with Gasteiger partial charge in [0.2, 0.25) is 0 Å². The Labute approximate surface area is 142 Å². The van der Waals surface area contributed by atoms with Gasteiger partial charge in [-0.3, -0.25) is 9.69 Å². The van der Waals surface area contributed by atoms with E-state index in [0.29, 0.717) is 11.8 Å². The van der Waals surface area contributed by atoms with Gasteiger partial charge < -0.3 is 0 Å². The fourth-order valence-electron chi connectivity index (χ4n) is 3.73. The number of unbranched alkanes of at least 4 members (excludes halogenated alkanes) is 6. The number of carbonyl (C=O) groups is 1. The summed E-state index contributed by atoms with van der Waals surface area (Å²) in [6, 6.07) is 11.0. The summed E-state index contributed by atoms with van der Waals surface area (Å²) in [6.45, 7) is 2.26. The van der Waals surface area contributed by atoms with Gasteiger partial charge in [-0.25, -0.2) is 0 Å². The molecule has 1 fully saturated rings. The summed E-state index contributed by atoms with van der Waals surface area (Å²) in [5.74, 6) is 0.435. The molecular formula is C21H33NO. The zero-order valence-electron chi connectivity index (χ0n) is 15.0. The summed E-state index contributed by atoms with van der Waals surface area (Å²) in [5, 5.41) is 0. The second kappa shape index (κ2) is 9.87. The third-order valence-electron chi connectivity index (χ3n) is 5.29. The van der Waals surface area contributed by atoms with E-state index in [2.05, 4.69) is 43.1 Å². The van der Waals surface area contributed by atoms with Crippen molar-refractivity contribution in [2.75, 3.05) is 7.05 Å². The molecule has 2 unspecified atom stereocenters. The highest BCUT2D eigenvalue weighted by Crippen LogP contribution is 2.26. The lowest BCUT2D eigenvalue weighted by Crippen LogP contribution is -2.35. The molecule has 1 aromatic carbocycles. The van der Waals surface area contributed by atoms with Crippen LogP contribution in [-0.4, -0.2) is 29.8 Å². The molecule has 1 heterocycles. The van der Waals surface area contributed by atoms with Crippen molar-refractivity contribution in [3.05, 3.63) is 35.9 Å². The summed E-state index contributed by atoms with van der Waals surface area (Å²) >= 11 is 0. The lowest BCUT2D eigenvalue weighted by atomic mass is 10.0. The molecule has 128 valence electrons. The van der Waals surface area contributed by atoms with Gasteiger partial charge in [0.1, 0.15) is 0 Å². The second-order valence-corrected chi connectivity index (χ2v) is 7.11. The van der Waals surface area contributed by atoms with Gasteiger partial charge in [-0.2, -0.15) is 0 Å². The second-order valence-electron chi connectivity index (χ2n) is 7.11. The lowest BCUT2D eigenvalue weighted by molar-refractivity contribution is -0.119. The molecule has 0 spiro atoms. The Morgan fingerprint density at radius 1 is 1.00 bits per heavy atom. The maximum atomic E-state index is 12.4. The van der Waals surface area contributed by atoms with Gasteiger partial charge in [-0.15, -0.1) is 0 Å². The Morgan fingerprint density at radius 3 is 2.35 bits per heavy atom. The third kappa shape index (κ3) is 5.76. The van der Waals surface area contributed by atoms with Crippen LogP contribution in [0.3, 0.4) is 0 Å². The van der Waals surface area contributed by atoms with E-state index in [1.54, 1.807) is 0 Å². The fraction of sp³-hybridized carbons (Fsp3) is 0.667. The summed E-state index contributed by atoms with van der Waals surface area (Å²) in [5.41, 5.74) is 1.27. The molecule has 1 aliphatic heterocycles. The first-order valence-corrected chi connectivity index (χ1v) is 9.51. The third-order valence-corrected chi connectivity index (χ3v) is 5.29. The molecule has 2 atom stereocenters. The minimum absolute atomic E-state index is 0.0898. The molecule has 23 heavy (non-hydrogen) atoms. The first-order chi connectivity index (χ1) is 11.2. The van der Waals surface area contributed by atoms with Gasteiger partial charge >= 0.3 is 0 Å². The normalized spacial score (nSPS) is 21.9. The number of hydrogen-bond acceptors (Lipinski definition) is 2. The topological polar surface area (TPSA) is 20.3 Å². The van der Waals surface area contributed by atoms with E-state index in [1.807, 2.05) is 6.07 Å². The Balaban J connectivity index is 1.70.